The summed E-state index contributed by atoms with van der Waals surface area (Å²) in [5.74, 6) is -1.62. The Morgan fingerprint density at radius 2 is 1.56 bits per heavy atom. The number of amides is 1. The van der Waals surface area contributed by atoms with Crippen LogP contribution >= 0.6 is 15.9 Å². The fraction of sp³-hybridized carbons (Fsp3) is 0.0435. The lowest BCUT2D eigenvalue weighted by molar-refractivity contribution is -0.138. The molecule has 0 saturated carbocycles. The molecule has 0 radical (unpaired) electrons. The predicted octanol–water partition coefficient (Wildman–Crippen LogP) is 6.12. The number of carboxylic acids is 1. The lowest BCUT2D eigenvalue weighted by Crippen LogP contribution is -2.29. The number of carbonyl (C=O) groups is 2. The molecule has 0 unspecified atom stereocenters. The van der Waals surface area contributed by atoms with Crippen LogP contribution in [0.25, 0.3) is 6.08 Å². The van der Waals surface area contributed by atoms with Gasteiger partial charge in [-0.05, 0) is 64.0 Å². The summed E-state index contributed by atoms with van der Waals surface area (Å²) in [6.07, 6.45) is -3.62. The van der Waals surface area contributed by atoms with Gasteiger partial charge in [-0.1, -0.05) is 36.4 Å². The Hall–Kier alpha value is -3.59. The molecule has 0 aromatic heterocycles. The summed E-state index contributed by atoms with van der Waals surface area (Å²) in [4.78, 5) is 23.9. The number of ether oxygens (including phenoxy) is 1. The Balaban J connectivity index is 1.81. The summed E-state index contributed by atoms with van der Waals surface area (Å²) >= 11 is 3.37. The van der Waals surface area contributed by atoms with E-state index in [0.717, 1.165) is 28.7 Å². The first-order valence-electron chi connectivity index (χ1n) is 9.10. The lowest BCUT2D eigenvalue weighted by atomic mass is 10.1. The van der Waals surface area contributed by atoms with Crippen LogP contribution in [0.5, 0.6) is 11.5 Å². The SMILES string of the molecule is O=C(O)/C(=C\c1ccc(Oc2ccccc2Br)cc1)NC(=O)c1ccccc1C(F)(F)F. The third-order valence-electron chi connectivity index (χ3n) is 4.21. The Morgan fingerprint density at radius 3 is 2.19 bits per heavy atom. The van der Waals surface area contributed by atoms with Crippen LogP contribution in [-0.4, -0.2) is 17.0 Å². The van der Waals surface area contributed by atoms with Crippen molar-refractivity contribution in [1.29, 1.82) is 0 Å². The molecule has 2 N–H and O–H groups in total. The molecule has 9 heteroatoms. The highest BCUT2D eigenvalue weighted by Crippen LogP contribution is 2.32. The van der Waals surface area contributed by atoms with Crippen molar-refractivity contribution in [2.45, 2.75) is 6.18 Å². The first kappa shape index (κ1) is 23.1. The molecule has 164 valence electrons. The van der Waals surface area contributed by atoms with Gasteiger partial charge < -0.3 is 15.2 Å². The first-order valence-corrected chi connectivity index (χ1v) is 9.89. The molecule has 0 aliphatic rings. The molecular weight excluding hydrogens is 491 g/mol. The highest BCUT2D eigenvalue weighted by Gasteiger charge is 2.35. The van der Waals surface area contributed by atoms with Gasteiger partial charge in [0, 0.05) is 0 Å². The number of rotatable bonds is 6. The van der Waals surface area contributed by atoms with Crippen LogP contribution in [0.2, 0.25) is 0 Å². The van der Waals surface area contributed by atoms with Gasteiger partial charge in [0.2, 0.25) is 0 Å². The van der Waals surface area contributed by atoms with Gasteiger partial charge in [0.25, 0.3) is 5.91 Å². The topological polar surface area (TPSA) is 75.6 Å². The predicted molar refractivity (Wildman–Crippen MR) is 115 cm³/mol. The number of nitrogens with one attached hydrogen (secondary N) is 1. The van der Waals surface area contributed by atoms with E-state index in [4.69, 9.17) is 4.74 Å². The monoisotopic (exact) mass is 505 g/mol. The average Bonchev–Trinajstić information content (AvgIpc) is 2.75. The van der Waals surface area contributed by atoms with E-state index >= 15 is 0 Å². The van der Waals surface area contributed by atoms with Crippen molar-refractivity contribution in [2.75, 3.05) is 0 Å². The fourth-order valence-electron chi connectivity index (χ4n) is 2.72. The van der Waals surface area contributed by atoms with Crippen LogP contribution in [0.4, 0.5) is 13.2 Å². The van der Waals surface area contributed by atoms with Crippen molar-refractivity contribution in [1.82, 2.24) is 5.32 Å². The van der Waals surface area contributed by atoms with Crippen molar-refractivity contribution in [3.8, 4) is 11.5 Å². The summed E-state index contributed by atoms with van der Waals surface area (Å²) in [6.45, 7) is 0. The van der Waals surface area contributed by atoms with E-state index in [1.54, 1.807) is 36.4 Å². The number of hydrogen-bond acceptors (Lipinski definition) is 3. The summed E-state index contributed by atoms with van der Waals surface area (Å²) in [7, 11) is 0. The molecule has 0 aliphatic heterocycles. The summed E-state index contributed by atoms with van der Waals surface area (Å²) in [5, 5.41) is 11.4. The number of halogens is 4. The van der Waals surface area contributed by atoms with Gasteiger partial charge in [-0.2, -0.15) is 13.2 Å². The van der Waals surface area contributed by atoms with E-state index in [1.165, 1.54) is 6.07 Å². The molecule has 0 fully saturated rings. The second-order valence-electron chi connectivity index (χ2n) is 6.46. The highest BCUT2D eigenvalue weighted by molar-refractivity contribution is 9.10. The molecule has 3 aromatic carbocycles. The van der Waals surface area contributed by atoms with E-state index < -0.39 is 34.9 Å². The van der Waals surface area contributed by atoms with Gasteiger partial charge >= 0.3 is 12.1 Å². The Morgan fingerprint density at radius 1 is 0.938 bits per heavy atom. The van der Waals surface area contributed by atoms with E-state index in [2.05, 4.69) is 15.9 Å². The molecule has 1 amide bonds. The minimum Gasteiger partial charge on any atom is -0.477 e. The zero-order valence-electron chi connectivity index (χ0n) is 16.2. The number of aliphatic carboxylic acids is 1. The molecule has 0 saturated heterocycles. The summed E-state index contributed by atoms with van der Waals surface area (Å²) in [5.41, 5.74) is -2.02. The Bertz CT molecular complexity index is 1170. The Kier molecular flexibility index (Phi) is 6.99. The standard InChI is InChI=1S/C23H15BrF3NO4/c24-18-7-3-4-8-20(18)32-15-11-9-14(10-12-15)13-19(22(30)31)28-21(29)16-5-1-2-6-17(16)23(25,26)27/h1-13H,(H,28,29)(H,30,31)/b19-13+. The van der Waals surface area contributed by atoms with Gasteiger partial charge in [0.05, 0.1) is 15.6 Å². The molecule has 0 aliphatic carbocycles. The lowest BCUT2D eigenvalue weighted by Gasteiger charge is -2.13. The van der Waals surface area contributed by atoms with E-state index in [1.807, 2.05) is 17.4 Å². The maximum absolute atomic E-state index is 13.1. The summed E-state index contributed by atoms with van der Waals surface area (Å²) < 4.78 is 45.9. The minimum atomic E-state index is -4.76. The van der Waals surface area contributed by atoms with Gasteiger partial charge in [-0.15, -0.1) is 0 Å². The second-order valence-corrected chi connectivity index (χ2v) is 7.32. The largest absolute Gasteiger partial charge is 0.477 e. The van der Waals surface area contributed by atoms with Crippen LogP contribution in [0.3, 0.4) is 0 Å². The van der Waals surface area contributed by atoms with Crippen LogP contribution in [0.1, 0.15) is 21.5 Å². The molecule has 5 nitrogen and oxygen atoms in total. The van der Waals surface area contributed by atoms with Crippen molar-refractivity contribution >= 4 is 33.9 Å². The smallest absolute Gasteiger partial charge is 0.417 e. The van der Waals surface area contributed by atoms with Crippen molar-refractivity contribution in [3.05, 3.63) is 99.7 Å². The molecule has 3 rings (SSSR count). The molecule has 0 atom stereocenters. The van der Waals surface area contributed by atoms with Gasteiger partial charge in [0.15, 0.2) is 0 Å². The maximum Gasteiger partial charge on any atom is 0.417 e. The van der Waals surface area contributed by atoms with E-state index in [9.17, 15) is 27.9 Å². The zero-order valence-corrected chi connectivity index (χ0v) is 17.8. The van der Waals surface area contributed by atoms with Crippen LogP contribution in [0, 0.1) is 0 Å². The van der Waals surface area contributed by atoms with Gasteiger partial charge in [-0.25, -0.2) is 4.79 Å². The molecule has 32 heavy (non-hydrogen) atoms. The van der Waals surface area contributed by atoms with Crippen LogP contribution in [0.15, 0.2) is 83.0 Å². The fourth-order valence-corrected chi connectivity index (χ4v) is 3.09. The molecular formula is C23H15BrF3NO4. The van der Waals surface area contributed by atoms with Crippen LogP contribution < -0.4 is 10.1 Å². The normalized spacial score (nSPS) is 11.7. The number of benzene rings is 3. The molecule has 3 aromatic rings. The number of hydrogen-bond donors (Lipinski definition) is 2. The second kappa shape index (κ2) is 9.69. The van der Waals surface area contributed by atoms with Gasteiger partial charge in [0.1, 0.15) is 17.2 Å². The maximum atomic E-state index is 13.1. The molecule has 0 spiro atoms. The van der Waals surface area contributed by atoms with Crippen molar-refractivity contribution < 1.29 is 32.6 Å². The third-order valence-corrected chi connectivity index (χ3v) is 4.87. The van der Waals surface area contributed by atoms with Crippen LogP contribution in [-0.2, 0) is 11.0 Å². The van der Waals surface area contributed by atoms with Crippen molar-refractivity contribution in [2.24, 2.45) is 0 Å². The summed E-state index contributed by atoms with van der Waals surface area (Å²) in [6, 6.07) is 17.6. The quantitative estimate of drug-likeness (QED) is 0.396. The number of carboxylic acid groups (broad SMARTS) is 1. The zero-order chi connectivity index (χ0) is 23.3. The Labute approximate surface area is 189 Å². The number of alkyl halides is 3. The third kappa shape index (κ3) is 5.76. The number of para-hydroxylation sites is 1. The molecule has 0 heterocycles. The van der Waals surface area contributed by atoms with E-state index in [0.29, 0.717) is 17.1 Å². The highest BCUT2D eigenvalue weighted by atomic mass is 79.9. The first-order chi connectivity index (χ1) is 15.1. The molecule has 0 bridgehead atoms. The van der Waals surface area contributed by atoms with Gasteiger partial charge in [-0.3, -0.25) is 4.79 Å². The minimum absolute atomic E-state index is 0.395. The van der Waals surface area contributed by atoms with Crippen molar-refractivity contribution in [3.63, 3.8) is 0 Å². The van der Waals surface area contributed by atoms with E-state index in [-0.39, 0.29) is 0 Å². The average molecular weight is 506 g/mol. The number of carbonyl (C=O) groups excluding carboxylic acids is 1.